The fraction of sp³-hybridized carbons (Fsp3) is 0.529. The molecular weight excluding hydrogens is 250 g/mol. The Morgan fingerprint density at radius 2 is 1.90 bits per heavy atom. The summed E-state index contributed by atoms with van der Waals surface area (Å²) < 4.78 is 10.6. The summed E-state index contributed by atoms with van der Waals surface area (Å²) in [7, 11) is 3.32. The molecule has 3 nitrogen and oxygen atoms in total. The van der Waals surface area contributed by atoms with Crippen molar-refractivity contribution < 1.29 is 9.47 Å². The molecule has 0 bridgehead atoms. The fourth-order valence-electron chi connectivity index (χ4n) is 1.99. The van der Waals surface area contributed by atoms with Gasteiger partial charge in [0.2, 0.25) is 0 Å². The average molecular weight is 277 g/mol. The maximum atomic E-state index is 5.35. The lowest BCUT2D eigenvalue weighted by Gasteiger charge is -2.13. The minimum Gasteiger partial charge on any atom is -0.493 e. The van der Waals surface area contributed by atoms with Crippen LogP contribution in [0.3, 0.4) is 0 Å². The molecule has 0 aliphatic carbocycles. The van der Waals surface area contributed by atoms with E-state index >= 15 is 0 Å². The molecule has 0 radical (unpaired) electrons. The van der Waals surface area contributed by atoms with Crippen LogP contribution >= 0.6 is 0 Å². The van der Waals surface area contributed by atoms with Gasteiger partial charge >= 0.3 is 0 Å². The molecule has 0 spiro atoms. The SMILES string of the molecule is CCCNCC(=Cc1ccc(OC)c(OC)c1)C(C)C. The number of benzene rings is 1. The van der Waals surface area contributed by atoms with Gasteiger partial charge in [-0.3, -0.25) is 0 Å². The van der Waals surface area contributed by atoms with E-state index in [2.05, 4.69) is 38.2 Å². The van der Waals surface area contributed by atoms with Crippen molar-refractivity contribution in [2.45, 2.75) is 27.2 Å². The van der Waals surface area contributed by atoms with Gasteiger partial charge in [-0.05, 0) is 36.6 Å². The van der Waals surface area contributed by atoms with E-state index in [4.69, 9.17) is 9.47 Å². The van der Waals surface area contributed by atoms with Gasteiger partial charge in [-0.25, -0.2) is 0 Å². The van der Waals surface area contributed by atoms with Gasteiger partial charge in [-0.1, -0.05) is 38.5 Å². The molecule has 0 saturated heterocycles. The Labute approximate surface area is 123 Å². The normalized spacial score (nSPS) is 11.8. The molecule has 3 heteroatoms. The van der Waals surface area contributed by atoms with Gasteiger partial charge in [0.1, 0.15) is 0 Å². The van der Waals surface area contributed by atoms with E-state index in [9.17, 15) is 0 Å². The fourth-order valence-corrected chi connectivity index (χ4v) is 1.99. The molecule has 1 aromatic carbocycles. The van der Waals surface area contributed by atoms with Gasteiger partial charge in [0.15, 0.2) is 11.5 Å². The maximum Gasteiger partial charge on any atom is 0.161 e. The molecule has 20 heavy (non-hydrogen) atoms. The summed E-state index contributed by atoms with van der Waals surface area (Å²) in [5.41, 5.74) is 2.54. The molecule has 1 N–H and O–H groups in total. The molecule has 1 aromatic rings. The number of ether oxygens (including phenoxy) is 2. The second kappa shape index (κ2) is 8.64. The van der Waals surface area contributed by atoms with E-state index in [1.807, 2.05) is 12.1 Å². The molecule has 112 valence electrons. The summed E-state index contributed by atoms with van der Waals surface area (Å²) in [6, 6.07) is 6.02. The van der Waals surface area contributed by atoms with Crippen LogP contribution in [0.25, 0.3) is 6.08 Å². The highest BCUT2D eigenvalue weighted by atomic mass is 16.5. The highest BCUT2D eigenvalue weighted by Crippen LogP contribution is 2.28. The van der Waals surface area contributed by atoms with Gasteiger partial charge in [0.05, 0.1) is 14.2 Å². The molecule has 0 aliphatic heterocycles. The van der Waals surface area contributed by atoms with Crippen molar-refractivity contribution in [1.29, 1.82) is 0 Å². The summed E-state index contributed by atoms with van der Waals surface area (Å²) in [5.74, 6) is 2.05. The van der Waals surface area contributed by atoms with E-state index in [1.165, 1.54) is 5.57 Å². The van der Waals surface area contributed by atoms with E-state index in [0.717, 1.165) is 36.6 Å². The third-order valence-electron chi connectivity index (χ3n) is 3.26. The number of hydrogen-bond donors (Lipinski definition) is 1. The van der Waals surface area contributed by atoms with Gasteiger partial charge in [-0.2, -0.15) is 0 Å². The van der Waals surface area contributed by atoms with Crippen molar-refractivity contribution in [3.8, 4) is 11.5 Å². The summed E-state index contributed by atoms with van der Waals surface area (Å²) in [6.45, 7) is 8.61. The Bertz CT molecular complexity index is 439. The zero-order valence-corrected chi connectivity index (χ0v) is 13.3. The Morgan fingerprint density at radius 1 is 1.20 bits per heavy atom. The van der Waals surface area contributed by atoms with Crippen LogP contribution in [0.15, 0.2) is 23.8 Å². The molecule has 0 aromatic heterocycles. The van der Waals surface area contributed by atoms with E-state index < -0.39 is 0 Å². The van der Waals surface area contributed by atoms with Crippen LogP contribution in [0, 0.1) is 5.92 Å². The van der Waals surface area contributed by atoms with Crippen LogP contribution in [-0.2, 0) is 0 Å². The van der Waals surface area contributed by atoms with Crippen molar-refractivity contribution >= 4 is 6.08 Å². The van der Waals surface area contributed by atoms with Crippen molar-refractivity contribution in [2.24, 2.45) is 5.92 Å². The second-order valence-electron chi connectivity index (χ2n) is 5.17. The molecule has 0 aliphatic rings. The number of rotatable bonds is 8. The zero-order chi connectivity index (χ0) is 15.0. The summed E-state index contributed by atoms with van der Waals surface area (Å²) in [6.07, 6.45) is 3.39. The first-order valence-electron chi connectivity index (χ1n) is 7.25. The maximum absolute atomic E-state index is 5.35. The molecule has 0 fully saturated rings. The molecule has 0 amide bonds. The van der Waals surface area contributed by atoms with Crippen LogP contribution in [0.5, 0.6) is 11.5 Å². The summed E-state index contributed by atoms with van der Waals surface area (Å²) >= 11 is 0. The lowest BCUT2D eigenvalue weighted by molar-refractivity contribution is 0.355. The van der Waals surface area contributed by atoms with Crippen LogP contribution < -0.4 is 14.8 Å². The van der Waals surface area contributed by atoms with Crippen LogP contribution in [0.4, 0.5) is 0 Å². The van der Waals surface area contributed by atoms with Crippen molar-refractivity contribution in [3.05, 3.63) is 29.3 Å². The van der Waals surface area contributed by atoms with Crippen LogP contribution in [-0.4, -0.2) is 27.3 Å². The highest BCUT2D eigenvalue weighted by molar-refractivity contribution is 5.58. The lowest BCUT2D eigenvalue weighted by Crippen LogP contribution is -2.19. The summed E-state index contributed by atoms with van der Waals surface area (Å²) in [5, 5.41) is 3.46. The molecule has 1 rings (SSSR count). The van der Waals surface area contributed by atoms with Crippen LogP contribution in [0.2, 0.25) is 0 Å². The van der Waals surface area contributed by atoms with E-state index in [0.29, 0.717) is 5.92 Å². The lowest BCUT2D eigenvalue weighted by atomic mass is 10.00. The minimum atomic E-state index is 0.521. The topological polar surface area (TPSA) is 30.5 Å². The van der Waals surface area contributed by atoms with Crippen LogP contribution in [0.1, 0.15) is 32.8 Å². The third-order valence-corrected chi connectivity index (χ3v) is 3.26. The largest absolute Gasteiger partial charge is 0.493 e. The second-order valence-corrected chi connectivity index (χ2v) is 5.17. The van der Waals surface area contributed by atoms with Gasteiger partial charge < -0.3 is 14.8 Å². The monoisotopic (exact) mass is 277 g/mol. The Hall–Kier alpha value is -1.48. The predicted molar refractivity (Wildman–Crippen MR) is 85.5 cm³/mol. The van der Waals surface area contributed by atoms with Gasteiger partial charge in [0, 0.05) is 6.54 Å². The zero-order valence-electron chi connectivity index (χ0n) is 13.3. The average Bonchev–Trinajstić information content (AvgIpc) is 2.46. The first kappa shape index (κ1) is 16.6. The standard InChI is InChI=1S/C17H27NO2/c1-6-9-18-12-15(13(2)3)10-14-7-8-16(19-4)17(11-14)20-5/h7-8,10-11,13,18H,6,9,12H2,1-5H3. The molecular formula is C17H27NO2. The van der Waals surface area contributed by atoms with Gasteiger partial charge in [0.25, 0.3) is 0 Å². The first-order chi connectivity index (χ1) is 9.62. The molecule has 0 saturated carbocycles. The van der Waals surface area contributed by atoms with E-state index in [-0.39, 0.29) is 0 Å². The van der Waals surface area contributed by atoms with Crippen molar-refractivity contribution in [2.75, 3.05) is 27.3 Å². The van der Waals surface area contributed by atoms with Gasteiger partial charge in [-0.15, -0.1) is 0 Å². The quantitative estimate of drug-likeness (QED) is 0.734. The Kier molecular flexibility index (Phi) is 7.16. The number of methoxy groups -OCH3 is 2. The molecule has 0 heterocycles. The van der Waals surface area contributed by atoms with Crippen molar-refractivity contribution in [1.82, 2.24) is 5.32 Å². The highest BCUT2D eigenvalue weighted by Gasteiger charge is 2.06. The smallest absolute Gasteiger partial charge is 0.161 e. The van der Waals surface area contributed by atoms with E-state index in [1.54, 1.807) is 14.2 Å². The third kappa shape index (κ3) is 4.89. The number of hydrogen-bond acceptors (Lipinski definition) is 3. The molecule has 0 unspecified atom stereocenters. The predicted octanol–water partition coefficient (Wildman–Crippen LogP) is 3.74. The Balaban J connectivity index is 2.92. The first-order valence-corrected chi connectivity index (χ1v) is 7.25. The molecule has 0 atom stereocenters. The minimum absolute atomic E-state index is 0.521. The summed E-state index contributed by atoms with van der Waals surface area (Å²) in [4.78, 5) is 0. The Morgan fingerprint density at radius 3 is 2.45 bits per heavy atom. The van der Waals surface area contributed by atoms with Crippen molar-refractivity contribution in [3.63, 3.8) is 0 Å². The number of nitrogens with one attached hydrogen (secondary N) is 1.